The molecule has 2 aromatic rings. The monoisotopic (exact) mass is 302 g/mol. The molecular formula is C18H18F2NO. The van der Waals surface area contributed by atoms with E-state index >= 15 is 0 Å². The minimum absolute atomic E-state index is 0.123. The van der Waals surface area contributed by atoms with E-state index in [0.717, 1.165) is 37.1 Å². The van der Waals surface area contributed by atoms with E-state index in [1.165, 1.54) is 24.3 Å². The van der Waals surface area contributed by atoms with Crippen LogP contribution in [0.3, 0.4) is 0 Å². The van der Waals surface area contributed by atoms with Gasteiger partial charge in [-0.1, -0.05) is 24.3 Å². The summed E-state index contributed by atoms with van der Waals surface area (Å²) in [5, 5.41) is 4.32. The molecule has 2 nitrogen and oxygen atoms in total. The quantitative estimate of drug-likeness (QED) is 0.841. The van der Waals surface area contributed by atoms with Crippen LogP contribution in [-0.2, 0) is 4.74 Å². The Balaban J connectivity index is 1.86. The van der Waals surface area contributed by atoms with Crippen molar-refractivity contribution < 1.29 is 13.5 Å². The van der Waals surface area contributed by atoms with Crippen LogP contribution in [0.5, 0.6) is 0 Å². The molecule has 0 aliphatic carbocycles. The van der Waals surface area contributed by atoms with Gasteiger partial charge in [-0.05, 0) is 48.2 Å². The highest BCUT2D eigenvalue weighted by Crippen LogP contribution is 2.29. The second-order valence-electron chi connectivity index (χ2n) is 5.49. The number of rotatable bonds is 4. The van der Waals surface area contributed by atoms with Crippen LogP contribution in [0.1, 0.15) is 30.1 Å². The predicted octanol–water partition coefficient (Wildman–Crippen LogP) is 3.84. The highest BCUT2D eigenvalue weighted by Gasteiger charge is 2.22. The summed E-state index contributed by atoms with van der Waals surface area (Å²) >= 11 is 0. The van der Waals surface area contributed by atoms with E-state index in [2.05, 4.69) is 5.32 Å². The maximum Gasteiger partial charge on any atom is 0.123 e. The zero-order valence-electron chi connectivity index (χ0n) is 12.2. The first kappa shape index (κ1) is 15.1. The topological polar surface area (TPSA) is 23.3 Å². The van der Waals surface area contributed by atoms with Crippen molar-refractivity contribution in [3.8, 4) is 0 Å². The molecule has 1 fully saturated rings. The number of benzene rings is 2. The van der Waals surface area contributed by atoms with Crippen LogP contribution < -0.4 is 5.32 Å². The molecule has 0 N–H and O–H groups in total. The lowest BCUT2D eigenvalue weighted by Crippen LogP contribution is -2.29. The van der Waals surface area contributed by atoms with Crippen molar-refractivity contribution in [2.45, 2.75) is 25.0 Å². The molecule has 1 heterocycles. The van der Waals surface area contributed by atoms with Gasteiger partial charge in [-0.3, -0.25) is 0 Å². The van der Waals surface area contributed by atoms with Crippen LogP contribution in [0, 0.1) is 11.6 Å². The lowest BCUT2D eigenvalue weighted by atomic mass is 10.00. The molecule has 0 saturated carbocycles. The molecule has 0 bridgehead atoms. The molecule has 1 aliphatic rings. The predicted molar refractivity (Wildman–Crippen MR) is 80.6 cm³/mol. The third-order valence-corrected chi connectivity index (χ3v) is 3.89. The molecular weight excluding hydrogens is 284 g/mol. The minimum Gasteiger partial charge on any atom is -0.365 e. The van der Waals surface area contributed by atoms with Crippen LogP contribution in [0.15, 0.2) is 48.5 Å². The van der Waals surface area contributed by atoms with Crippen molar-refractivity contribution in [1.29, 1.82) is 0 Å². The van der Waals surface area contributed by atoms with E-state index in [-0.39, 0.29) is 23.8 Å². The highest BCUT2D eigenvalue weighted by molar-refractivity contribution is 5.30. The van der Waals surface area contributed by atoms with Crippen molar-refractivity contribution >= 4 is 0 Å². The Kier molecular flexibility index (Phi) is 4.80. The van der Waals surface area contributed by atoms with Crippen molar-refractivity contribution in [3.05, 3.63) is 71.3 Å². The summed E-state index contributed by atoms with van der Waals surface area (Å²) in [7, 11) is 0. The van der Waals surface area contributed by atoms with E-state index in [0.29, 0.717) is 0 Å². The van der Waals surface area contributed by atoms with E-state index in [1.54, 1.807) is 24.3 Å². The molecule has 1 radical (unpaired) electrons. The van der Waals surface area contributed by atoms with Gasteiger partial charge >= 0.3 is 0 Å². The van der Waals surface area contributed by atoms with Gasteiger partial charge in [0.1, 0.15) is 17.7 Å². The molecule has 115 valence electrons. The van der Waals surface area contributed by atoms with Crippen LogP contribution >= 0.6 is 0 Å². The molecule has 4 heteroatoms. The second kappa shape index (κ2) is 6.99. The Bertz CT molecular complexity index is 546. The first-order valence-corrected chi connectivity index (χ1v) is 7.52. The molecule has 1 saturated heterocycles. The fraction of sp³-hybridized carbons (Fsp3) is 0.333. The Morgan fingerprint density at radius 3 is 1.73 bits per heavy atom. The first-order chi connectivity index (χ1) is 10.7. The highest BCUT2D eigenvalue weighted by atomic mass is 19.1. The second-order valence-corrected chi connectivity index (χ2v) is 5.49. The van der Waals surface area contributed by atoms with Crippen molar-refractivity contribution in [2.24, 2.45) is 0 Å². The average molecular weight is 302 g/mol. The lowest BCUT2D eigenvalue weighted by molar-refractivity contribution is -0.00854. The number of nitrogens with zero attached hydrogens (tertiary/aromatic N) is 1. The summed E-state index contributed by atoms with van der Waals surface area (Å²) in [5.41, 5.74) is 1.74. The Morgan fingerprint density at radius 1 is 0.818 bits per heavy atom. The number of hydrogen-bond acceptors (Lipinski definition) is 1. The number of hydrogen-bond donors (Lipinski definition) is 0. The van der Waals surface area contributed by atoms with Gasteiger partial charge in [0.25, 0.3) is 0 Å². The maximum absolute atomic E-state index is 13.2. The molecule has 0 unspecified atom stereocenters. The van der Waals surface area contributed by atoms with Crippen LogP contribution in [0.4, 0.5) is 8.78 Å². The molecule has 0 amide bonds. The largest absolute Gasteiger partial charge is 0.365 e. The molecule has 22 heavy (non-hydrogen) atoms. The molecule has 3 rings (SSSR count). The number of halogens is 2. The molecule has 0 aromatic heterocycles. The average Bonchev–Trinajstić information content (AvgIpc) is 2.56. The van der Waals surface area contributed by atoms with Gasteiger partial charge in [0.15, 0.2) is 0 Å². The summed E-state index contributed by atoms with van der Waals surface area (Å²) < 4.78 is 32.6. The zero-order valence-corrected chi connectivity index (χ0v) is 12.2. The van der Waals surface area contributed by atoms with Crippen LogP contribution in [-0.4, -0.2) is 19.2 Å². The summed E-state index contributed by atoms with van der Waals surface area (Å²) in [6.07, 6.45) is 1.58. The lowest BCUT2D eigenvalue weighted by Gasteiger charge is -2.28. The Labute approximate surface area is 129 Å². The summed E-state index contributed by atoms with van der Waals surface area (Å²) in [6.45, 7) is 1.62. The molecule has 0 spiro atoms. The van der Waals surface area contributed by atoms with Gasteiger partial charge in [-0.15, -0.1) is 0 Å². The van der Waals surface area contributed by atoms with Crippen LogP contribution in [0.2, 0.25) is 0 Å². The summed E-state index contributed by atoms with van der Waals surface area (Å²) in [6, 6.07) is 12.6. The third kappa shape index (κ3) is 3.70. The summed E-state index contributed by atoms with van der Waals surface area (Å²) in [4.78, 5) is 0. The van der Waals surface area contributed by atoms with E-state index in [1.807, 2.05) is 0 Å². The number of piperidine rings is 1. The Morgan fingerprint density at radius 2 is 1.27 bits per heavy atom. The fourth-order valence-electron chi connectivity index (χ4n) is 2.68. The van der Waals surface area contributed by atoms with E-state index in [4.69, 9.17) is 4.74 Å². The van der Waals surface area contributed by atoms with Crippen LogP contribution in [0.25, 0.3) is 0 Å². The summed E-state index contributed by atoms with van der Waals surface area (Å²) in [5.74, 6) is -0.559. The van der Waals surface area contributed by atoms with Gasteiger partial charge < -0.3 is 4.74 Å². The van der Waals surface area contributed by atoms with E-state index < -0.39 is 0 Å². The smallest absolute Gasteiger partial charge is 0.123 e. The third-order valence-electron chi connectivity index (χ3n) is 3.89. The van der Waals surface area contributed by atoms with Gasteiger partial charge in [-0.2, -0.15) is 0 Å². The van der Waals surface area contributed by atoms with Gasteiger partial charge in [0.05, 0.1) is 6.10 Å². The standard InChI is InChI=1S/C18H18F2NO/c19-15-5-1-13(2-6-15)18(14-3-7-16(20)8-4-14)22-17-9-11-21-12-10-17/h1-8,17-18H,9-12H2. The van der Waals surface area contributed by atoms with Gasteiger partial charge in [0.2, 0.25) is 0 Å². The molecule has 1 aliphatic heterocycles. The zero-order chi connectivity index (χ0) is 15.4. The molecule has 0 atom stereocenters. The number of ether oxygens (including phenoxy) is 1. The maximum atomic E-state index is 13.2. The van der Waals surface area contributed by atoms with Gasteiger partial charge in [0, 0.05) is 13.1 Å². The first-order valence-electron chi connectivity index (χ1n) is 7.52. The van der Waals surface area contributed by atoms with Crippen molar-refractivity contribution in [3.63, 3.8) is 0 Å². The van der Waals surface area contributed by atoms with E-state index in [9.17, 15) is 8.78 Å². The van der Waals surface area contributed by atoms with Crippen molar-refractivity contribution in [2.75, 3.05) is 13.1 Å². The molecule has 2 aromatic carbocycles. The van der Waals surface area contributed by atoms with Gasteiger partial charge in [-0.25, -0.2) is 14.1 Å². The Hall–Kier alpha value is -1.78. The minimum atomic E-state index is -0.315. The SMILES string of the molecule is Fc1ccc(C(OC2CC[N]CC2)c2ccc(F)cc2)cc1. The van der Waals surface area contributed by atoms with Crippen molar-refractivity contribution in [1.82, 2.24) is 5.32 Å². The fourth-order valence-corrected chi connectivity index (χ4v) is 2.68. The normalized spacial score (nSPS) is 16.1.